The van der Waals surface area contributed by atoms with Gasteiger partial charge in [0.15, 0.2) is 0 Å². The van der Waals surface area contributed by atoms with Gasteiger partial charge in [-0.15, -0.1) is 0 Å². The number of carbonyl (C=O) groups excluding carboxylic acids is 2. The summed E-state index contributed by atoms with van der Waals surface area (Å²) in [5.41, 5.74) is 0.567. The van der Waals surface area contributed by atoms with E-state index in [0.717, 1.165) is 16.1 Å². The van der Waals surface area contributed by atoms with Crippen molar-refractivity contribution in [1.82, 2.24) is 10.2 Å². The predicted molar refractivity (Wildman–Crippen MR) is 138 cm³/mol. The molecule has 2 amide bonds. The van der Waals surface area contributed by atoms with Crippen LogP contribution in [0.4, 0.5) is 5.69 Å². The van der Waals surface area contributed by atoms with E-state index in [1.807, 2.05) is 27.7 Å². The van der Waals surface area contributed by atoms with Gasteiger partial charge in [-0.1, -0.05) is 42.3 Å². The lowest BCUT2D eigenvalue weighted by atomic mass is 10.1. The maximum Gasteiger partial charge on any atom is 0.244 e. The van der Waals surface area contributed by atoms with E-state index >= 15 is 0 Å². The Morgan fingerprint density at radius 2 is 1.47 bits per heavy atom. The first kappa shape index (κ1) is 28.0. The summed E-state index contributed by atoms with van der Waals surface area (Å²) in [5, 5.41) is 3.91. The first-order valence-electron chi connectivity index (χ1n) is 10.8. The van der Waals surface area contributed by atoms with Gasteiger partial charge in [0.05, 0.1) is 11.9 Å². The number of sulfonamides is 1. The van der Waals surface area contributed by atoms with Crippen molar-refractivity contribution in [3.8, 4) is 0 Å². The molecule has 0 aliphatic carbocycles. The molecule has 1 atom stereocenters. The molecule has 1 N–H and O–H groups in total. The van der Waals surface area contributed by atoms with Crippen molar-refractivity contribution in [2.24, 2.45) is 0 Å². The minimum absolute atomic E-state index is 0.115. The molecule has 0 fully saturated rings. The number of anilines is 1. The van der Waals surface area contributed by atoms with Crippen molar-refractivity contribution in [3.63, 3.8) is 0 Å². The third-order valence-electron chi connectivity index (χ3n) is 4.94. The van der Waals surface area contributed by atoms with E-state index in [9.17, 15) is 18.0 Å². The number of amides is 2. The molecule has 0 unspecified atom stereocenters. The Bertz CT molecular complexity index is 1100. The number of hydrogen-bond donors (Lipinski definition) is 1. The zero-order valence-electron chi connectivity index (χ0n) is 20.0. The Kier molecular flexibility index (Phi) is 9.39. The molecule has 0 saturated carbocycles. The lowest BCUT2D eigenvalue weighted by Crippen LogP contribution is -2.55. The number of nitrogens with one attached hydrogen (secondary N) is 1. The van der Waals surface area contributed by atoms with Crippen LogP contribution in [-0.2, 0) is 26.2 Å². The molecule has 10 heteroatoms. The third kappa shape index (κ3) is 8.18. The highest BCUT2D eigenvalue weighted by molar-refractivity contribution is 7.92. The van der Waals surface area contributed by atoms with Crippen LogP contribution >= 0.6 is 23.2 Å². The van der Waals surface area contributed by atoms with Crippen LogP contribution in [0.3, 0.4) is 0 Å². The van der Waals surface area contributed by atoms with Crippen LogP contribution in [0.2, 0.25) is 10.0 Å². The molecule has 0 radical (unpaired) electrons. The maximum absolute atomic E-state index is 13.6. The Morgan fingerprint density at radius 3 is 1.91 bits per heavy atom. The molecule has 2 aromatic rings. The second kappa shape index (κ2) is 11.4. The standard InChI is InChI=1S/C24H31Cl2N3O4S/c1-6-21(23(31)27-24(2,3)4)28(15-17-7-9-18(25)10-8-17)22(30)16-29(34(5,32)33)20-13-11-19(26)12-14-20/h7-14,21H,6,15-16H2,1-5H3,(H,27,31)/t21-/m0/s1. The van der Waals surface area contributed by atoms with Crippen molar-refractivity contribution in [3.05, 3.63) is 64.1 Å². The van der Waals surface area contributed by atoms with Crippen LogP contribution in [0.25, 0.3) is 0 Å². The van der Waals surface area contributed by atoms with E-state index in [-0.39, 0.29) is 12.5 Å². The molecule has 0 saturated heterocycles. The first-order chi connectivity index (χ1) is 15.7. The van der Waals surface area contributed by atoms with Crippen molar-refractivity contribution in [2.45, 2.75) is 52.2 Å². The SMILES string of the molecule is CC[C@@H](C(=O)NC(C)(C)C)N(Cc1ccc(Cl)cc1)C(=O)CN(c1ccc(Cl)cc1)S(C)(=O)=O. The summed E-state index contributed by atoms with van der Waals surface area (Å²) in [6, 6.07) is 12.3. The maximum atomic E-state index is 13.6. The van der Waals surface area contributed by atoms with Crippen LogP contribution in [-0.4, -0.2) is 49.5 Å². The molecule has 0 aliphatic heterocycles. The summed E-state index contributed by atoms with van der Waals surface area (Å²) in [5.74, 6) is -0.819. The van der Waals surface area contributed by atoms with Gasteiger partial charge in [0, 0.05) is 22.1 Å². The fourth-order valence-electron chi connectivity index (χ4n) is 3.38. The number of nitrogens with zero attached hydrogens (tertiary/aromatic N) is 2. The van der Waals surface area contributed by atoms with Crippen LogP contribution in [0.5, 0.6) is 0 Å². The topological polar surface area (TPSA) is 86.8 Å². The Hall–Kier alpha value is -2.29. The molecule has 0 spiro atoms. The molecule has 7 nitrogen and oxygen atoms in total. The van der Waals surface area contributed by atoms with Crippen molar-refractivity contribution in [1.29, 1.82) is 0 Å². The van der Waals surface area contributed by atoms with Gasteiger partial charge in [0.2, 0.25) is 21.8 Å². The summed E-state index contributed by atoms with van der Waals surface area (Å²) in [4.78, 5) is 28.1. The van der Waals surface area contributed by atoms with Gasteiger partial charge in [0.1, 0.15) is 12.6 Å². The smallest absolute Gasteiger partial charge is 0.244 e. The number of benzene rings is 2. The molecule has 2 rings (SSSR count). The molecule has 2 aromatic carbocycles. The van der Waals surface area contributed by atoms with E-state index in [1.54, 1.807) is 36.4 Å². The Balaban J connectivity index is 2.43. The first-order valence-corrected chi connectivity index (χ1v) is 13.4. The quantitative estimate of drug-likeness (QED) is 0.520. The molecule has 0 aromatic heterocycles. The molecular weight excluding hydrogens is 497 g/mol. The van der Waals surface area contributed by atoms with Crippen LogP contribution in [0, 0.1) is 0 Å². The molecule has 186 valence electrons. The van der Waals surface area contributed by atoms with Gasteiger partial charge in [-0.25, -0.2) is 8.42 Å². The fraction of sp³-hybridized carbons (Fsp3) is 0.417. The number of hydrogen-bond acceptors (Lipinski definition) is 4. The van der Waals surface area contributed by atoms with Crippen LogP contribution in [0.15, 0.2) is 48.5 Å². The highest BCUT2D eigenvalue weighted by atomic mass is 35.5. The highest BCUT2D eigenvalue weighted by Crippen LogP contribution is 2.22. The van der Waals surface area contributed by atoms with Gasteiger partial charge in [-0.3, -0.25) is 13.9 Å². The van der Waals surface area contributed by atoms with Crippen LogP contribution in [0.1, 0.15) is 39.7 Å². The summed E-state index contributed by atoms with van der Waals surface area (Å²) < 4.78 is 26.1. The molecule has 0 heterocycles. The molecule has 34 heavy (non-hydrogen) atoms. The summed E-state index contributed by atoms with van der Waals surface area (Å²) in [6.45, 7) is 7.03. The molecular formula is C24H31Cl2N3O4S. The number of rotatable bonds is 9. The summed E-state index contributed by atoms with van der Waals surface area (Å²) in [7, 11) is -3.79. The third-order valence-corrected chi connectivity index (χ3v) is 6.59. The van der Waals surface area contributed by atoms with Crippen molar-refractivity contribution < 1.29 is 18.0 Å². The van der Waals surface area contributed by atoms with E-state index in [0.29, 0.717) is 22.2 Å². The monoisotopic (exact) mass is 527 g/mol. The zero-order valence-corrected chi connectivity index (χ0v) is 22.3. The van der Waals surface area contributed by atoms with Crippen molar-refractivity contribution in [2.75, 3.05) is 17.1 Å². The van der Waals surface area contributed by atoms with Gasteiger partial charge >= 0.3 is 0 Å². The molecule has 0 aliphatic rings. The van der Waals surface area contributed by atoms with E-state index in [1.165, 1.54) is 17.0 Å². The van der Waals surface area contributed by atoms with E-state index in [4.69, 9.17) is 23.2 Å². The van der Waals surface area contributed by atoms with Gasteiger partial charge < -0.3 is 10.2 Å². The van der Waals surface area contributed by atoms with Gasteiger partial charge in [-0.2, -0.15) is 0 Å². The lowest BCUT2D eigenvalue weighted by Gasteiger charge is -2.34. The second-order valence-corrected chi connectivity index (χ2v) is 11.8. The van der Waals surface area contributed by atoms with Gasteiger partial charge in [0.25, 0.3) is 0 Å². The Labute approximate surface area is 212 Å². The van der Waals surface area contributed by atoms with E-state index in [2.05, 4.69) is 5.32 Å². The number of carbonyl (C=O) groups is 2. The predicted octanol–water partition coefficient (Wildman–Crippen LogP) is 4.48. The second-order valence-electron chi connectivity index (χ2n) is 9.06. The number of halogens is 2. The van der Waals surface area contributed by atoms with Gasteiger partial charge in [-0.05, 0) is 69.2 Å². The van der Waals surface area contributed by atoms with Crippen LogP contribution < -0.4 is 9.62 Å². The Morgan fingerprint density at radius 1 is 0.971 bits per heavy atom. The fourth-order valence-corrected chi connectivity index (χ4v) is 4.48. The largest absolute Gasteiger partial charge is 0.350 e. The lowest BCUT2D eigenvalue weighted by molar-refractivity contribution is -0.141. The van der Waals surface area contributed by atoms with E-state index < -0.39 is 34.1 Å². The normalized spacial score (nSPS) is 12.7. The summed E-state index contributed by atoms with van der Waals surface area (Å²) >= 11 is 11.9. The highest BCUT2D eigenvalue weighted by Gasteiger charge is 2.33. The average molecular weight is 529 g/mol. The zero-order chi connectivity index (χ0) is 25.7. The minimum Gasteiger partial charge on any atom is -0.350 e. The minimum atomic E-state index is -3.79. The van der Waals surface area contributed by atoms with Crippen molar-refractivity contribution >= 4 is 50.7 Å². The molecule has 0 bridgehead atoms. The average Bonchev–Trinajstić information content (AvgIpc) is 2.72. The summed E-state index contributed by atoms with van der Waals surface area (Å²) in [6.07, 6.45) is 1.38.